The normalized spacial score (nSPS) is 24.1. The Hall–Kier alpha value is -0.380. The Labute approximate surface area is 117 Å². The first-order valence-corrected chi connectivity index (χ1v) is 7.50. The van der Waals surface area contributed by atoms with Gasteiger partial charge in [0.1, 0.15) is 0 Å². The van der Waals surface area contributed by atoms with E-state index in [0.717, 1.165) is 24.2 Å². The summed E-state index contributed by atoms with van der Waals surface area (Å²) in [6, 6.07) is 8.84. The van der Waals surface area contributed by atoms with Gasteiger partial charge in [0.05, 0.1) is 13.2 Å². The van der Waals surface area contributed by atoms with Crippen LogP contribution >= 0.6 is 15.9 Å². The fourth-order valence-corrected chi connectivity index (χ4v) is 3.88. The van der Waals surface area contributed by atoms with Crippen molar-refractivity contribution in [2.45, 2.75) is 24.7 Å². The summed E-state index contributed by atoms with van der Waals surface area (Å²) in [6.07, 6.45) is 4.01. The van der Waals surface area contributed by atoms with Crippen LogP contribution in [0.1, 0.15) is 24.8 Å². The molecule has 1 saturated heterocycles. The van der Waals surface area contributed by atoms with Gasteiger partial charge in [-0.3, -0.25) is 0 Å². The predicted octanol–water partition coefficient (Wildman–Crippen LogP) is 3.11. The zero-order chi connectivity index (χ0) is 12.6. The molecule has 1 aliphatic carbocycles. The van der Waals surface area contributed by atoms with Gasteiger partial charge in [0, 0.05) is 16.4 Å². The molecule has 98 valence electrons. The van der Waals surface area contributed by atoms with Crippen molar-refractivity contribution in [3.63, 3.8) is 0 Å². The monoisotopic (exact) mass is 309 g/mol. The number of benzene rings is 1. The second kappa shape index (κ2) is 4.62. The van der Waals surface area contributed by atoms with Gasteiger partial charge in [-0.1, -0.05) is 34.5 Å². The maximum atomic E-state index is 5.61. The Balaban J connectivity index is 1.96. The molecule has 2 nitrogen and oxygen atoms in total. The third-order valence-electron chi connectivity index (χ3n) is 4.93. The van der Waals surface area contributed by atoms with Crippen molar-refractivity contribution < 1.29 is 4.74 Å². The van der Waals surface area contributed by atoms with Crippen molar-refractivity contribution in [2.24, 2.45) is 5.41 Å². The van der Waals surface area contributed by atoms with Crippen molar-refractivity contribution in [1.29, 1.82) is 0 Å². The number of halogens is 1. The van der Waals surface area contributed by atoms with Crippen LogP contribution in [-0.2, 0) is 10.2 Å². The van der Waals surface area contributed by atoms with E-state index in [1.165, 1.54) is 24.8 Å². The molecule has 1 aliphatic heterocycles. The second-order valence-corrected chi connectivity index (χ2v) is 6.66. The van der Waals surface area contributed by atoms with E-state index in [9.17, 15) is 0 Å². The van der Waals surface area contributed by atoms with Crippen molar-refractivity contribution in [3.8, 4) is 0 Å². The highest BCUT2D eigenvalue weighted by Crippen LogP contribution is 2.58. The Morgan fingerprint density at radius 3 is 2.28 bits per heavy atom. The third kappa shape index (κ3) is 1.68. The number of hydrogen-bond acceptors (Lipinski definition) is 2. The first kappa shape index (κ1) is 12.6. The van der Waals surface area contributed by atoms with Gasteiger partial charge >= 0.3 is 0 Å². The summed E-state index contributed by atoms with van der Waals surface area (Å²) in [5.74, 6) is 0. The second-order valence-electron chi connectivity index (χ2n) is 5.75. The topological polar surface area (TPSA) is 21.3 Å². The molecule has 1 heterocycles. The summed E-state index contributed by atoms with van der Waals surface area (Å²) in [6.45, 7) is 2.87. The summed E-state index contributed by atoms with van der Waals surface area (Å²) in [5.41, 5.74) is 2.11. The highest BCUT2D eigenvalue weighted by Gasteiger charge is 2.59. The molecule has 2 aliphatic rings. The molecule has 18 heavy (non-hydrogen) atoms. The fraction of sp³-hybridized carbons (Fsp3) is 0.600. The lowest BCUT2D eigenvalue weighted by Gasteiger charge is -2.60. The molecular formula is C15H20BrNO. The lowest BCUT2D eigenvalue weighted by Crippen LogP contribution is -2.64. The molecule has 1 saturated carbocycles. The van der Waals surface area contributed by atoms with Gasteiger partial charge in [0.15, 0.2) is 0 Å². The molecule has 0 spiro atoms. The zero-order valence-corrected chi connectivity index (χ0v) is 12.4. The number of hydrogen-bond donors (Lipinski definition) is 1. The van der Waals surface area contributed by atoms with Gasteiger partial charge in [-0.25, -0.2) is 0 Å². The Kier molecular flexibility index (Phi) is 3.25. The summed E-state index contributed by atoms with van der Waals surface area (Å²) in [7, 11) is 2.06. The Morgan fingerprint density at radius 1 is 1.22 bits per heavy atom. The summed E-state index contributed by atoms with van der Waals surface area (Å²) < 4.78 is 6.76. The molecule has 0 bridgehead atoms. The smallest absolute Gasteiger partial charge is 0.0591 e. The van der Waals surface area contributed by atoms with Gasteiger partial charge in [0.25, 0.3) is 0 Å². The molecule has 0 atom stereocenters. The van der Waals surface area contributed by atoms with Gasteiger partial charge in [-0.05, 0) is 43.0 Å². The molecule has 1 aromatic carbocycles. The Morgan fingerprint density at radius 2 is 1.89 bits per heavy atom. The van der Waals surface area contributed by atoms with Crippen molar-refractivity contribution in [1.82, 2.24) is 5.32 Å². The first-order valence-electron chi connectivity index (χ1n) is 6.71. The minimum atomic E-state index is 0.245. The predicted molar refractivity (Wildman–Crippen MR) is 76.8 cm³/mol. The summed E-state index contributed by atoms with van der Waals surface area (Å²) >= 11 is 3.52. The molecule has 2 fully saturated rings. The van der Waals surface area contributed by atoms with E-state index in [4.69, 9.17) is 4.74 Å². The summed E-state index contributed by atoms with van der Waals surface area (Å²) in [4.78, 5) is 0. The zero-order valence-electron chi connectivity index (χ0n) is 10.8. The standard InChI is InChI=1S/C15H20BrNO/c1-17-9-14(7-2-8-14)15(10-18-11-15)12-3-5-13(16)6-4-12/h3-6,17H,2,7-11H2,1H3. The van der Waals surface area contributed by atoms with Gasteiger partial charge in [-0.15, -0.1) is 0 Å². The third-order valence-corrected chi connectivity index (χ3v) is 5.46. The van der Waals surface area contributed by atoms with E-state index in [2.05, 4.69) is 52.6 Å². The van der Waals surface area contributed by atoms with Gasteiger partial charge in [0.2, 0.25) is 0 Å². The number of ether oxygens (including phenoxy) is 1. The maximum Gasteiger partial charge on any atom is 0.0591 e. The van der Waals surface area contributed by atoms with E-state index in [0.29, 0.717) is 5.41 Å². The average molecular weight is 310 g/mol. The highest BCUT2D eigenvalue weighted by molar-refractivity contribution is 9.10. The van der Waals surface area contributed by atoms with Crippen LogP contribution in [0.5, 0.6) is 0 Å². The molecule has 1 N–H and O–H groups in total. The molecule has 0 radical (unpaired) electrons. The van der Waals surface area contributed by atoms with Crippen molar-refractivity contribution >= 4 is 15.9 Å². The van der Waals surface area contributed by atoms with Crippen LogP contribution in [0, 0.1) is 5.41 Å². The van der Waals surface area contributed by atoms with Crippen LogP contribution < -0.4 is 5.32 Å². The molecule has 0 aromatic heterocycles. The van der Waals surface area contributed by atoms with Crippen LogP contribution in [-0.4, -0.2) is 26.8 Å². The Bertz CT molecular complexity index is 421. The van der Waals surface area contributed by atoms with Gasteiger partial charge in [-0.2, -0.15) is 0 Å². The van der Waals surface area contributed by atoms with Crippen LogP contribution in [0.2, 0.25) is 0 Å². The largest absolute Gasteiger partial charge is 0.379 e. The van der Waals surface area contributed by atoms with Gasteiger partial charge < -0.3 is 10.1 Å². The maximum absolute atomic E-state index is 5.61. The molecule has 0 unspecified atom stereocenters. The van der Waals surface area contributed by atoms with Crippen molar-refractivity contribution in [3.05, 3.63) is 34.3 Å². The van der Waals surface area contributed by atoms with Crippen LogP contribution in [0.3, 0.4) is 0 Å². The number of nitrogens with one attached hydrogen (secondary N) is 1. The van der Waals surface area contributed by atoms with E-state index in [-0.39, 0.29) is 5.41 Å². The first-order chi connectivity index (χ1) is 8.72. The summed E-state index contributed by atoms with van der Waals surface area (Å²) in [5, 5.41) is 3.40. The SMILES string of the molecule is CNCC1(C2(c3ccc(Br)cc3)COC2)CCC1. The molecule has 3 rings (SSSR count). The molecule has 0 amide bonds. The quantitative estimate of drug-likeness (QED) is 0.923. The number of rotatable bonds is 4. The van der Waals surface area contributed by atoms with E-state index in [1.807, 2.05) is 0 Å². The molecular weight excluding hydrogens is 290 g/mol. The molecule has 1 aromatic rings. The minimum Gasteiger partial charge on any atom is -0.379 e. The van der Waals surface area contributed by atoms with Crippen molar-refractivity contribution in [2.75, 3.05) is 26.8 Å². The molecule has 3 heteroatoms. The lowest BCUT2D eigenvalue weighted by molar-refractivity contribution is -0.156. The average Bonchev–Trinajstić information content (AvgIpc) is 2.26. The van der Waals surface area contributed by atoms with E-state index >= 15 is 0 Å². The van der Waals surface area contributed by atoms with Crippen LogP contribution in [0.15, 0.2) is 28.7 Å². The highest BCUT2D eigenvalue weighted by atomic mass is 79.9. The minimum absolute atomic E-state index is 0.245. The van der Waals surface area contributed by atoms with Crippen LogP contribution in [0.25, 0.3) is 0 Å². The lowest BCUT2D eigenvalue weighted by atomic mass is 9.49. The van der Waals surface area contributed by atoms with E-state index in [1.54, 1.807) is 0 Å². The van der Waals surface area contributed by atoms with E-state index < -0.39 is 0 Å². The van der Waals surface area contributed by atoms with Crippen LogP contribution in [0.4, 0.5) is 0 Å². The fourth-order valence-electron chi connectivity index (χ4n) is 3.62.